The van der Waals surface area contributed by atoms with Crippen molar-refractivity contribution in [1.29, 1.82) is 0 Å². The van der Waals surface area contributed by atoms with Gasteiger partial charge in [-0.3, -0.25) is 4.79 Å². The van der Waals surface area contributed by atoms with E-state index >= 15 is 0 Å². The van der Waals surface area contributed by atoms with E-state index in [2.05, 4.69) is 21.4 Å². The van der Waals surface area contributed by atoms with Gasteiger partial charge in [0, 0.05) is 12.1 Å². The minimum Gasteiger partial charge on any atom is -0.493 e. The summed E-state index contributed by atoms with van der Waals surface area (Å²) in [4.78, 5) is 19.5. The highest BCUT2D eigenvalue weighted by Crippen LogP contribution is 2.25. The highest BCUT2D eigenvalue weighted by Gasteiger charge is 2.11. The lowest BCUT2D eigenvalue weighted by atomic mass is 10.0. The average Bonchev–Trinajstić information content (AvgIpc) is 3.07. The van der Waals surface area contributed by atoms with Crippen molar-refractivity contribution in [1.82, 2.24) is 15.3 Å². The summed E-state index contributed by atoms with van der Waals surface area (Å²) in [6.07, 6.45) is 3.71. The summed E-state index contributed by atoms with van der Waals surface area (Å²) >= 11 is 0. The van der Waals surface area contributed by atoms with Crippen LogP contribution in [0.2, 0.25) is 0 Å². The van der Waals surface area contributed by atoms with Crippen molar-refractivity contribution in [2.45, 2.75) is 19.4 Å². The number of hydrogen-bond donors (Lipinski definition) is 2. The van der Waals surface area contributed by atoms with Crippen LogP contribution in [0.3, 0.4) is 0 Å². The van der Waals surface area contributed by atoms with E-state index in [-0.39, 0.29) is 5.91 Å². The normalized spacial score (nSPS) is 13.4. The fourth-order valence-corrected chi connectivity index (χ4v) is 2.88. The SMILES string of the molecule is O=C(NCc1ccc2c(c1)CCCO2)c1ccc2nc[nH]c2c1. The number of carbonyl (C=O) groups is 1. The van der Waals surface area contributed by atoms with Crippen LogP contribution in [0.4, 0.5) is 0 Å². The summed E-state index contributed by atoms with van der Waals surface area (Å²) in [6, 6.07) is 11.6. The third-order valence-corrected chi connectivity index (χ3v) is 4.11. The zero-order valence-electron chi connectivity index (χ0n) is 12.6. The molecule has 2 aromatic carbocycles. The summed E-state index contributed by atoms with van der Waals surface area (Å²) in [6.45, 7) is 1.30. The molecule has 3 aromatic rings. The number of carbonyl (C=O) groups excluding carboxylic acids is 1. The van der Waals surface area contributed by atoms with E-state index in [1.54, 1.807) is 12.4 Å². The van der Waals surface area contributed by atoms with Crippen molar-refractivity contribution >= 4 is 16.9 Å². The monoisotopic (exact) mass is 307 g/mol. The Balaban J connectivity index is 1.46. The van der Waals surface area contributed by atoms with E-state index in [4.69, 9.17) is 4.74 Å². The molecule has 0 atom stereocenters. The number of aryl methyl sites for hydroxylation is 1. The third kappa shape index (κ3) is 2.77. The van der Waals surface area contributed by atoms with Gasteiger partial charge in [-0.1, -0.05) is 12.1 Å². The number of benzene rings is 2. The first-order valence-electron chi connectivity index (χ1n) is 7.75. The standard InChI is InChI=1S/C18H17N3O2/c22-18(14-4-5-15-16(9-14)21-11-20-15)19-10-12-3-6-17-13(8-12)2-1-7-23-17/h3-6,8-9,11H,1-2,7,10H2,(H,19,22)(H,20,21). The quantitative estimate of drug-likeness (QED) is 0.782. The molecule has 0 radical (unpaired) electrons. The predicted molar refractivity (Wildman–Crippen MR) is 87.5 cm³/mol. The van der Waals surface area contributed by atoms with Gasteiger partial charge in [0.05, 0.1) is 24.0 Å². The Morgan fingerprint density at radius 3 is 3.17 bits per heavy atom. The number of amides is 1. The molecule has 0 unspecified atom stereocenters. The number of imidazole rings is 1. The van der Waals surface area contributed by atoms with Crippen molar-refractivity contribution in [3.63, 3.8) is 0 Å². The number of rotatable bonds is 3. The van der Waals surface area contributed by atoms with Crippen LogP contribution in [-0.4, -0.2) is 22.5 Å². The Bertz CT molecular complexity index is 870. The second kappa shape index (κ2) is 5.76. The topological polar surface area (TPSA) is 67.0 Å². The van der Waals surface area contributed by atoms with Crippen LogP contribution in [-0.2, 0) is 13.0 Å². The second-order valence-corrected chi connectivity index (χ2v) is 5.71. The lowest BCUT2D eigenvalue weighted by Gasteiger charge is -2.18. The molecule has 116 valence electrons. The average molecular weight is 307 g/mol. The second-order valence-electron chi connectivity index (χ2n) is 5.71. The van der Waals surface area contributed by atoms with Crippen LogP contribution in [0.1, 0.15) is 27.9 Å². The smallest absolute Gasteiger partial charge is 0.251 e. The maximum Gasteiger partial charge on any atom is 0.251 e. The van der Waals surface area contributed by atoms with E-state index in [0.717, 1.165) is 41.8 Å². The molecule has 5 heteroatoms. The highest BCUT2D eigenvalue weighted by molar-refractivity contribution is 5.97. The van der Waals surface area contributed by atoms with E-state index in [1.165, 1.54) is 5.56 Å². The van der Waals surface area contributed by atoms with Gasteiger partial charge < -0.3 is 15.0 Å². The fourth-order valence-electron chi connectivity index (χ4n) is 2.88. The number of fused-ring (bicyclic) bond motifs is 2. The van der Waals surface area contributed by atoms with Crippen molar-refractivity contribution in [3.8, 4) is 5.75 Å². The third-order valence-electron chi connectivity index (χ3n) is 4.11. The zero-order valence-corrected chi connectivity index (χ0v) is 12.6. The summed E-state index contributed by atoms with van der Waals surface area (Å²) in [5.41, 5.74) is 4.66. The van der Waals surface area contributed by atoms with Crippen LogP contribution in [0.5, 0.6) is 5.75 Å². The molecule has 2 heterocycles. The molecular weight excluding hydrogens is 290 g/mol. The van der Waals surface area contributed by atoms with Crippen LogP contribution < -0.4 is 10.1 Å². The van der Waals surface area contributed by atoms with Crippen LogP contribution >= 0.6 is 0 Å². The molecular formula is C18H17N3O2. The number of hydrogen-bond acceptors (Lipinski definition) is 3. The van der Waals surface area contributed by atoms with Crippen LogP contribution in [0.25, 0.3) is 11.0 Å². The maximum atomic E-state index is 12.3. The van der Waals surface area contributed by atoms with Gasteiger partial charge in [0.1, 0.15) is 5.75 Å². The van der Waals surface area contributed by atoms with E-state index in [0.29, 0.717) is 12.1 Å². The van der Waals surface area contributed by atoms with Gasteiger partial charge in [0.2, 0.25) is 0 Å². The Kier molecular flexibility index (Phi) is 3.46. The van der Waals surface area contributed by atoms with Gasteiger partial charge in [-0.15, -0.1) is 0 Å². The zero-order chi connectivity index (χ0) is 15.6. The first kappa shape index (κ1) is 13.8. The van der Waals surface area contributed by atoms with Crippen molar-refractivity contribution < 1.29 is 9.53 Å². The van der Waals surface area contributed by atoms with E-state index in [9.17, 15) is 4.79 Å². The van der Waals surface area contributed by atoms with E-state index in [1.807, 2.05) is 24.3 Å². The van der Waals surface area contributed by atoms with Gasteiger partial charge in [-0.2, -0.15) is 0 Å². The number of ether oxygens (including phenoxy) is 1. The van der Waals surface area contributed by atoms with Crippen molar-refractivity contribution in [2.24, 2.45) is 0 Å². The molecule has 0 aliphatic carbocycles. The number of nitrogens with one attached hydrogen (secondary N) is 2. The Morgan fingerprint density at radius 1 is 1.26 bits per heavy atom. The van der Waals surface area contributed by atoms with Crippen LogP contribution in [0.15, 0.2) is 42.7 Å². The highest BCUT2D eigenvalue weighted by atomic mass is 16.5. The molecule has 2 N–H and O–H groups in total. The molecule has 5 nitrogen and oxygen atoms in total. The molecule has 0 bridgehead atoms. The Morgan fingerprint density at radius 2 is 2.22 bits per heavy atom. The molecule has 0 spiro atoms. The van der Waals surface area contributed by atoms with Gasteiger partial charge in [0.25, 0.3) is 5.91 Å². The number of aromatic amines is 1. The van der Waals surface area contributed by atoms with Gasteiger partial charge in [-0.05, 0) is 48.2 Å². The van der Waals surface area contributed by atoms with Crippen molar-refractivity contribution in [3.05, 3.63) is 59.4 Å². The summed E-state index contributed by atoms with van der Waals surface area (Å²) in [5, 5.41) is 2.96. The number of nitrogens with zero attached hydrogens (tertiary/aromatic N) is 1. The number of aromatic nitrogens is 2. The lowest BCUT2D eigenvalue weighted by molar-refractivity contribution is 0.0951. The molecule has 4 rings (SSSR count). The number of H-pyrrole nitrogens is 1. The molecule has 1 aliphatic rings. The Labute approximate surface area is 133 Å². The summed E-state index contributed by atoms with van der Waals surface area (Å²) in [5.74, 6) is 0.881. The molecule has 1 aromatic heterocycles. The summed E-state index contributed by atoms with van der Waals surface area (Å²) in [7, 11) is 0. The molecule has 0 saturated carbocycles. The summed E-state index contributed by atoms with van der Waals surface area (Å²) < 4.78 is 5.61. The molecule has 0 saturated heterocycles. The largest absolute Gasteiger partial charge is 0.493 e. The van der Waals surface area contributed by atoms with Gasteiger partial charge in [0.15, 0.2) is 0 Å². The minimum atomic E-state index is -0.0875. The van der Waals surface area contributed by atoms with Gasteiger partial charge in [-0.25, -0.2) is 4.98 Å². The lowest BCUT2D eigenvalue weighted by Crippen LogP contribution is -2.23. The predicted octanol–water partition coefficient (Wildman–Crippen LogP) is 2.82. The Hall–Kier alpha value is -2.82. The van der Waals surface area contributed by atoms with E-state index < -0.39 is 0 Å². The molecule has 23 heavy (non-hydrogen) atoms. The fraction of sp³-hybridized carbons (Fsp3) is 0.222. The maximum absolute atomic E-state index is 12.3. The molecule has 1 amide bonds. The van der Waals surface area contributed by atoms with Crippen molar-refractivity contribution in [2.75, 3.05) is 6.61 Å². The van der Waals surface area contributed by atoms with Gasteiger partial charge >= 0.3 is 0 Å². The minimum absolute atomic E-state index is 0.0875. The first-order chi connectivity index (χ1) is 11.3. The van der Waals surface area contributed by atoms with Crippen LogP contribution in [0, 0.1) is 0 Å². The molecule has 1 aliphatic heterocycles. The first-order valence-corrected chi connectivity index (χ1v) is 7.75. The molecule has 0 fully saturated rings.